The summed E-state index contributed by atoms with van der Waals surface area (Å²) in [6.45, 7) is 2.74. The van der Waals surface area contributed by atoms with E-state index in [4.69, 9.17) is 0 Å². The Labute approximate surface area is 137 Å². The monoisotopic (exact) mass is 309 g/mol. The van der Waals surface area contributed by atoms with Crippen LogP contribution < -0.4 is 16.2 Å². The number of carbonyl (C=O) groups is 1. The maximum Gasteiger partial charge on any atom is 0.238 e. The molecule has 0 spiro atoms. The number of amides is 1. The summed E-state index contributed by atoms with van der Waals surface area (Å²) in [4.78, 5) is 12.3. The minimum Gasteiger partial charge on any atom is -0.354 e. The highest BCUT2D eigenvalue weighted by Crippen LogP contribution is 2.21. The van der Waals surface area contributed by atoms with Crippen molar-refractivity contribution in [1.82, 2.24) is 16.2 Å². The van der Waals surface area contributed by atoms with E-state index in [0.717, 1.165) is 12.8 Å². The van der Waals surface area contributed by atoms with Crippen molar-refractivity contribution in [2.75, 3.05) is 6.54 Å². The quantitative estimate of drug-likeness (QED) is 0.794. The number of aryl methyl sites for hydroxylation is 1. The fraction of sp³-hybridized carbons (Fsp3) is 0.316. The Morgan fingerprint density at radius 1 is 1.09 bits per heavy atom. The van der Waals surface area contributed by atoms with Crippen molar-refractivity contribution in [3.05, 3.63) is 71.3 Å². The van der Waals surface area contributed by atoms with Gasteiger partial charge in [-0.1, -0.05) is 60.2 Å². The van der Waals surface area contributed by atoms with E-state index in [1.165, 1.54) is 16.7 Å². The van der Waals surface area contributed by atoms with Gasteiger partial charge in [0.25, 0.3) is 0 Å². The van der Waals surface area contributed by atoms with Crippen LogP contribution in [0.15, 0.2) is 54.6 Å². The molecule has 1 amide bonds. The Kier molecular flexibility index (Phi) is 5.05. The molecule has 2 aromatic rings. The van der Waals surface area contributed by atoms with Gasteiger partial charge in [-0.05, 0) is 30.9 Å². The van der Waals surface area contributed by atoms with Crippen molar-refractivity contribution in [1.29, 1.82) is 0 Å². The topological polar surface area (TPSA) is 53.2 Å². The molecular formula is C19H23N3O. The standard InChI is InChI=1S/C19H23N3O/c1-14-7-9-15(10-8-14)11-12-20-19(23)18-13-17(21-22-18)16-5-3-2-4-6-16/h2-10,17-18,21-22H,11-13H2,1H3,(H,20,23). The van der Waals surface area contributed by atoms with Gasteiger partial charge in [-0.15, -0.1) is 0 Å². The van der Waals surface area contributed by atoms with E-state index in [9.17, 15) is 4.79 Å². The summed E-state index contributed by atoms with van der Waals surface area (Å²) in [5.41, 5.74) is 10.0. The van der Waals surface area contributed by atoms with E-state index in [1.807, 2.05) is 18.2 Å². The predicted molar refractivity (Wildman–Crippen MR) is 91.8 cm³/mol. The first-order chi connectivity index (χ1) is 11.2. The van der Waals surface area contributed by atoms with Crippen molar-refractivity contribution >= 4 is 5.91 Å². The molecule has 4 nitrogen and oxygen atoms in total. The maximum absolute atomic E-state index is 12.3. The minimum atomic E-state index is -0.182. The molecule has 0 aromatic heterocycles. The van der Waals surface area contributed by atoms with Crippen LogP contribution in [0.5, 0.6) is 0 Å². The van der Waals surface area contributed by atoms with E-state index >= 15 is 0 Å². The van der Waals surface area contributed by atoms with Gasteiger partial charge < -0.3 is 5.32 Å². The SMILES string of the molecule is Cc1ccc(CCNC(=O)C2CC(c3ccccc3)NN2)cc1. The van der Waals surface area contributed by atoms with E-state index in [-0.39, 0.29) is 18.0 Å². The second kappa shape index (κ2) is 7.40. The molecule has 2 unspecified atom stereocenters. The smallest absolute Gasteiger partial charge is 0.238 e. The summed E-state index contributed by atoms with van der Waals surface area (Å²) in [7, 11) is 0. The Bertz CT molecular complexity index is 639. The van der Waals surface area contributed by atoms with Crippen molar-refractivity contribution < 1.29 is 4.79 Å². The normalized spacial score (nSPS) is 20.4. The summed E-state index contributed by atoms with van der Waals surface area (Å²) >= 11 is 0. The zero-order valence-electron chi connectivity index (χ0n) is 13.4. The average Bonchev–Trinajstić information content (AvgIpc) is 3.07. The molecule has 1 heterocycles. The number of benzene rings is 2. The zero-order chi connectivity index (χ0) is 16.1. The van der Waals surface area contributed by atoms with Gasteiger partial charge in [-0.25, -0.2) is 10.9 Å². The van der Waals surface area contributed by atoms with E-state index < -0.39 is 0 Å². The number of nitrogens with one attached hydrogen (secondary N) is 3. The number of carbonyl (C=O) groups excluding carboxylic acids is 1. The van der Waals surface area contributed by atoms with Crippen LogP contribution >= 0.6 is 0 Å². The highest BCUT2D eigenvalue weighted by molar-refractivity contribution is 5.82. The van der Waals surface area contributed by atoms with E-state index in [1.54, 1.807) is 0 Å². The third-order valence-electron chi connectivity index (χ3n) is 4.26. The van der Waals surface area contributed by atoms with Gasteiger partial charge in [0.05, 0.1) is 0 Å². The average molecular weight is 309 g/mol. The lowest BCUT2D eigenvalue weighted by molar-refractivity contribution is -0.122. The lowest BCUT2D eigenvalue weighted by atomic mass is 10.0. The lowest BCUT2D eigenvalue weighted by Crippen LogP contribution is -2.43. The van der Waals surface area contributed by atoms with Gasteiger partial charge in [0.2, 0.25) is 5.91 Å². The molecule has 1 aliphatic heterocycles. The van der Waals surface area contributed by atoms with Gasteiger partial charge in [0, 0.05) is 12.6 Å². The Hall–Kier alpha value is -2.17. The molecule has 0 saturated carbocycles. The number of hydrogen-bond donors (Lipinski definition) is 3. The van der Waals surface area contributed by atoms with Crippen LogP contribution in [0.1, 0.15) is 29.2 Å². The summed E-state index contributed by atoms with van der Waals surface area (Å²) in [5.74, 6) is 0.0584. The summed E-state index contributed by atoms with van der Waals surface area (Å²) in [6.07, 6.45) is 1.62. The van der Waals surface area contributed by atoms with E-state index in [0.29, 0.717) is 6.54 Å². The molecule has 0 radical (unpaired) electrons. The number of hydrazine groups is 1. The van der Waals surface area contributed by atoms with Crippen LogP contribution in [-0.4, -0.2) is 18.5 Å². The molecule has 2 atom stereocenters. The van der Waals surface area contributed by atoms with Gasteiger partial charge >= 0.3 is 0 Å². The molecule has 3 rings (SSSR count). The molecule has 120 valence electrons. The van der Waals surface area contributed by atoms with Gasteiger partial charge in [-0.2, -0.15) is 0 Å². The highest BCUT2D eigenvalue weighted by atomic mass is 16.2. The van der Waals surface area contributed by atoms with Crippen LogP contribution in [0.25, 0.3) is 0 Å². The first kappa shape index (κ1) is 15.7. The molecule has 23 heavy (non-hydrogen) atoms. The summed E-state index contributed by atoms with van der Waals surface area (Å²) in [6, 6.07) is 18.6. The minimum absolute atomic E-state index is 0.0584. The van der Waals surface area contributed by atoms with Crippen LogP contribution in [-0.2, 0) is 11.2 Å². The maximum atomic E-state index is 12.3. The predicted octanol–water partition coefficient (Wildman–Crippen LogP) is 2.26. The van der Waals surface area contributed by atoms with Crippen molar-refractivity contribution in [2.24, 2.45) is 0 Å². The highest BCUT2D eigenvalue weighted by Gasteiger charge is 2.29. The molecule has 1 aliphatic rings. The second-order valence-electron chi connectivity index (χ2n) is 6.07. The van der Waals surface area contributed by atoms with Crippen LogP contribution in [0.4, 0.5) is 0 Å². The van der Waals surface area contributed by atoms with Crippen LogP contribution in [0.3, 0.4) is 0 Å². The second-order valence-corrected chi connectivity index (χ2v) is 6.07. The molecule has 0 bridgehead atoms. The molecule has 3 N–H and O–H groups in total. The molecule has 4 heteroatoms. The lowest BCUT2D eigenvalue weighted by Gasteiger charge is -2.11. The Balaban J connectivity index is 1.45. The number of rotatable bonds is 5. The van der Waals surface area contributed by atoms with Crippen molar-refractivity contribution in [3.8, 4) is 0 Å². The first-order valence-electron chi connectivity index (χ1n) is 8.11. The third kappa shape index (κ3) is 4.18. The molecule has 1 saturated heterocycles. The van der Waals surface area contributed by atoms with Crippen molar-refractivity contribution in [3.63, 3.8) is 0 Å². The number of hydrogen-bond acceptors (Lipinski definition) is 3. The van der Waals surface area contributed by atoms with Crippen LogP contribution in [0, 0.1) is 6.92 Å². The third-order valence-corrected chi connectivity index (χ3v) is 4.26. The first-order valence-corrected chi connectivity index (χ1v) is 8.11. The molecule has 0 aliphatic carbocycles. The fourth-order valence-corrected chi connectivity index (χ4v) is 2.84. The van der Waals surface area contributed by atoms with Gasteiger partial charge in [-0.3, -0.25) is 4.79 Å². The largest absolute Gasteiger partial charge is 0.354 e. The van der Waals surface area contributed by atoms with Gasteiger partial charge in [0.1, 0.15) is 6.04 Å². The van der Waals surface area contributed by atoms with E-state index in [2.05, 4.69) is 59.5 Å². The summed E-state index contributed by atoms with van der Waals surface area (Å²) in [5, 5.41) is 3.02. The molecule has 1 fully saturated rings. The Morgan fingerprint density at radius 3 is 2.57 bits per heavy atom. The zero-order valence-corrected chi connectivity index (χ0v) is 13.4. The van der Waals surface area contributed by atoms with Crippen molar-refractivity contribution in [2.45, 2.75) is 31.8 Å². The fourth-order valence-electron chi connectivity index (χ4n) is 2.84. The van der Waals surface area contributed by atoms with Gasteiger partial charge in [0.15, 0.2) is 0 Å². The Morgan fingerprint density at radius 2 is 1.83 bits per heavy atom. The summed E-state index contributed by atoms with van der Waals surface area (Å²) < 4.78 is 0. The van der Waals surface area contributed by atoms with Crippen LogP contribution in [0.2, 0.25) is 0 Å². The molecule has 2 aromatic carbocycles. The molecular weight excluding hydrogens is 286 g/mol.